The lowest BCUT2D eigenvalue weighted by molar-refractivity contribution is -0.142. The van der Waals surface area contributed by atoms with Crippen LogP contribution in [0.3, 0.4) is 0 Å². The van der Waals surface area contributed by atoms with Crippen LogP contribution >= 0.6 is 24.4 Å². The number of carboxylic acid groups (broad SMARTS) is 1. The van der Waals surface area contributed by atoms with Crippen LogP contribution in [0, 0.1) is 0 Å². The fourth-order valence-electron chi connectivity index (χ4n) is 4.82. The van der Waals surface area contributed by atoms with Crippen LogP contribution in [0.15, 0.2) is 35.3 Å². The standard InChI is InChI=1S/C33H55N9O8S2/c1-19(38-28(45)23(13-9-16-37-33(35)36)39-30(47)25(51)18-21-10-5-4-6-11-21)27(44)42-26(20(2)43)31(48)40-22(12-7-8-15-34)29(46)41-24(32(49)50)14-17-52-3/h4-6,10-11,19-20,22-26,43,51H,7-9,12-18,34H2,1-3H3,(H,38,45)(H,39,47)(H,40,48)(H,41,46)(H,42,44)(H,49,50)(H4,35,36,37)/t19-,20+,22-,23-,24-,25-,26-/m0/s1. The van der Waals surface area contributed by atoms with Gasteiger partial charge < -0.3 is 54.0 Å². The summed E-state index contributed by atoms with van der Waals surface area (Å²) in [4.78, 5) is 81.7. The van der Waals surface area contributed by atoms with E-state index in [4.69, 9.17) is 17.2 Å². The molecule has 5 amide bonds. The number of guanidine groups is 1. The number of hydrogen-bond donors (Lipinski definition) is 11. The summed E-state index contributed by atoms with van der Waals surface area (Å²) in [5.74, 6) is -4.60. The fraction of sp³-hybridized carbons (Fsp3) is 0.606. The number of aliphatic hydroxyl groups is 1. The zero-order valence-electron chi connectivity index (χ0n) is 29.9. The third-order valence-corrected chi connectivity index (χ3v) is 8.83. The number of hydrogen-bond acceptors (Lipinski definition) is 11. The Hall–Kier alpha value is -4.07. The average molecular weight is 770 g/mol. The highest BCUT2D eigenvalue weighted by Crippen LogP contribution is 2.10. The normalized spacial score (nSPS) is 15.0. The van der Waals surface area contributed by atoms with Crippen LogP contribution in [0.2, 0.25) is 0 Å². The molecule has 0 aliphatic carbocycles. The Bertz CT molecular complexity index is 1340. The molecule has 0 aliphatic heterocycles. The van der Waals surface area contributed by atoms with Crippen LogP contribution in [0.5, 0.6) is 0 Å². The molecule has 1 aromatic rings. The highest BCUT2D eigenvalue weighted by Gasteiger charge is 2.33. The van der Waals surface area contributed by atoms with Gasteiger partial charge in [-0.2, -0.15) is 24.4 Å². The monoisotopic (exact) mass is 769 g/mol. The van der Waals surface area contributed by atoms with E-state index in [0.29, 0.717) is 38.0 Å². The number of nitrogens with zero attached hydrogens (tertiary/aromatic N) is 1. The van der Waals surface area contributed by atoms with E-state index in [0.717, 1.165) is 5.56 Å². The van der Waals surface area contributed by atoms with Gasteiger partial charge in [0.1, 0.15) is 30.2 Å². The van der Waals surface area contributed by atoms with Gasteiger partial charge in [-0.3, -0.25) is 29.0 Å². The van der Waals surface area contributed by atoms with Crippen molar-refractivity contribution >= 4 is 65.9 Å². The summed E-state index contributed by atoms with van der Waals surface area (Å²) < 4.78 is 0. The molecule has 1 aromatic carbocycles. The summed E-state index contributed by atoms with van der Waals surface area (Å²) in [5.41, 5.74) is 17.2. The zero-order valence-corrected chi connectivity index (χ0v) is 31.6. The third-order valence-electron chi connectivity index (χ3n) is 7.77. The lowest BCUT2D eigenvalue weighted by Crippen LogP contribution is -2.60. The van der Waals surface area contributed by atoms with Gasteiger partial charge in [0, 0.05) is 6.54 Å². The molecule has 0 aliphatic rings. The summed E-state index contributed by atoms with van der Waals surface area (Å²) >= 11 is 5.82. The first-order valence-electron chi connectivity index (χ1n) is 17.0. The van der Waals surface area contributed by atoms with Gasteiger partial charge in [-0.1, -0.05) is 30.3 Å². The number of benzene rings is 1. The molecule has 0 fully saturated rings. The molecule has 17 nitrogen and oxygen atoms in total. The van der Waals surface area contributed by atoms with Crippen molar-refractivity contribution in [1.29, 1.82) is 0 Å². The van der Waals surface area contributed by atoms with Crippen molar-refractivity contribution in [2.24, 2.45) is 22.2 Å². The number of unbranched alkanes of at least 4 members (excludes halogenated alkanes) is 1. The average Bonchev–Trinajstić information content (AvgIpc) is 3.09. The molecule has 0 heterocycles. The summed E-state index contributed by atoms with van der Waals surface area (Å²) in [6, 6.07) is 2.91. The third kappa shape index (κ3) is 17.9. The first-order valence-corrected chi connectivity index (χ1v) is 18.9. The summed E-state index contributed by atoms with van der Waals surface area (Å²) in [7, 11) is 0. The van der Waals surface area contributed by atoms with Gasteiger partial charge in [0.05, 0.1) is 11.4 Å². The van der Waals surface area contributed by atoms with Gasteiger partial charge in [0.25, 0.3) is 0 Å². The number of aliphatic imine (C=N–C) groups is 1. The van der Waals surface area contributed by atoms with Crippen LogP contribution in [-0.4, -0.2) is 118 Å². The molecule has 0 unspecified atom stereocenters. The predicted molar refractivity (Wildman–Crippen MR) is 203 cm³/mol. The molecule has 52 heavy (non-hydrogen) atoms. The second-order valence-electron chi connectivity index (χ2n) is 12.2. The molecule has 1 rings (SSSR count). The highest BCUT2D eigenvalue weighted by atomic mass is 32.2. The first kappa shape index (κ1) is 46.0. The molecule has 292 valence electrons. The van der Waals surface area contributed by atoms with Crippen LogP contribution in [-0.2, 0) is 35.2 Å². The molecular formula is C33H55N9O8S2. The Balaban J connectivity index is 3.03. The Kier molecular flexibility index (Phi) is 22.1. The lowest BCUT2D eigenvalue weighted by Gasteiger charge is -2.27. The topological polar surface area (TPSA) is 293 Å². The van der Waals surface area contributed by atoms with Gasteiger partial charge in [0.2, 0.25) is 29.5 Å². The predicted octanol–water partition coefficient (Wildman–Crippen LogP) is -1.63. The van der Waals surface area contributed by atoms with E-state index >= 15 is 0 Å². The maximum Gasteiger partial charge on any atom is 0.326 e. The second kappa shape index (κ2) is 25.0. The molecule has 0 radical (unpaired) electrons. The van der Waals surface area contributed by atoms with E-state index in [1.54, 1.807) is 6.26 Å². The molecule has 0 spiro atoms. The van der Waals surface area contributed by atoms with Crippen molar-refractivity contribution in [2.45, 2.75) is 100 Å². The highest BCUT2D eigenvalue weighted by molar-refractivity contribution is 7.98. The van der Waals surface area contributed by atoms with Crippen molar-refractivity contribution in [3.05, 3.63) is 35.9 Å². The largest absolute Gasteiger partial charge is 0.480 e. The van der Waals surface area contributed by atoms with E-state index < -0.39 is 77.1 Å². The maximum absolute atomic E-state index is 13.4. The number of nitrogens with two attached hydrogens (primary N) is 3. The molecule has 0 bridgehead atoms. The van der Waals surface area contributed by atoms with E-state index in [9.17, 15) is 39.0 Å². The van der Waals surface area contributed by atoms with Crippen molar-refractivity contribution in [3.63, 3.8) is 0 Å². The van der Waals surface area contributed by atoms with Crippen LogP contribution < -0.4 is 43.8 Å². The van der Waals surface area contributed by atoms with Crippen LogP contribution in [0.25, 0.3) is 0 Å². The Morgan fingerprint density at radius 1 is 0.788 bits per heavy atom. The van der Waals surface area contributed by atoms with E-state index in [2.05, 4.69) is 44.2 Å². The smallest absolute Gasteiger partial charge is 0.326 e. The van der Waals surface area contributed by atoms with Crippen molar-refractivity contribution in [2.75, 3.05) is 25.1 Å². The first-order chi connectivity index (χ1) is 24.6. The van der Waals surface area contributed by atoms with Crippen molar-refractivity contribution in [3.8, 4) is 0 Å². The summed E-state index contributed by atoms with van der Waals surface area (Å²) in [5, 5.41) is 31.8. The number of aliphatic carboxylic acids is 1. The molecule has 7 atom stereocenters. The number of carbonyl (C=O) groups is 6. The Morgan fingerprint density at radius 3 is 1.92 bits per heavy atom. The maximum atomic E-state index is 13.4. The number of thiol groups is 1. The number of amides is 5. The summed E-state index contributed by atoms with van der Waals surface area (Å²) in [6.07, 6.45) is 2.31. The van der Waals surface area contributed by atoms with Gasteiger partial charge >= 0.3 is 5.97 Å². The van der Waals surface area contributed by atoms with Crippen LogP contribution in [0.1, 0.15) is 57.9 Å². The minimum absolute atomic E-state index is 0.112. The zero-order chi connectivity index (χ0) is 39.2. The Morgan fingerprint density at radius 2 is 1.37 bits per heavy atom. The number of aliphatic hydroxyl groups excluding tert-OH is 1. The minimum atomic E-state index is -1.55. The molecule has 0 aromatic heterocycles. The van der Waals surface area contributed by atoms with Crippen LogP contribution in [0.4, 0.5) is 0 Å². The van der Waals surface area contributed by atoms with Gasteiger partial charge in [-0.15, -0.1) is 0 Å². The molecule has 0 saturated carbocycles. The van der Waals surface area contributed by atoms with Gasteiger partial charge in [-0.25, -0.2) is 4.79 Å². The van der Waals surface area contributed by atoms with Crippen molar-refractivity contribution in [1.82, 2.24) is 26.6 Å². The molecule has 19 heteroatoms. The van der Waals surface area contributed by atoms with E-state index in [-0.39, 0.29) is 31.8 Å². The number of carbonyl (C=O) groups excluding carboxylic acids is 5. The van der Waals surface area contributed by atoms with E-state index in [1.807, 2.05) is 30.3 Å². The molecule has 0 saturated heterocycles. The van der Waals surface area contributed by atoms with Gasteiger partial charge in [-0.05, 0) is 82.9 Å². The molecular weight excluding hydrogens is 715 g/mol. The Labute approximate surface area is 314 Å². The second-order valence-corrected chi connectivity index (χ2v) is 13.8. The summed E-state index contributed by atoms with van der Waals surface area (Å²) in [6.45, 7) is 3.11. The quantitative estimate of drug-likeness (QED) is 0.0231. The minimum Gasteiger partial charge on any atom is -0.480 e. The lowest BCUT2D eigenvalue weighted by atomic mass is 10.1. The number of rotatable bonds is 25. The van der Waals surface area contributed by atoms with E-state index in [1.165, 1.54) is 25.6 Å². The fourth-order valence-corrected chi connectivity index (χ4v) is 5.58. The molecule has 13 N–H and O–H groups in total. The number of thioether (sulfide) groups is 1. The van der Waals surface area contributed by atoms with Gasteiger partial charge in [0.15, 0.2) is 5.96 Å². The SMILES string of the molecule is CSCC[C@H](NC(=O)[C@H](CCCCN)NC(=O)[C@@H](NC(=O)[C@H](C)NC(=O)[C@H](CCCN=C(N)N)NC(=O)[C@@H](S)Cc1ccccc1)[C@@H](C)O)C(=O)O. The number of carboxylic acids is 1. The van der Waals surface area contributed by atoms with Crippen molar-refractivity contribution < 1.29 is 39.0 Å². The number of nitrogens with one attached hydrogen (secondary N) is 5.